The van der Waals surface area contributed by atoms with Crippen LogP contribution in [0.1, 0.15) is 12.0 Å². The summed E-state index contributed by atoms with van der Waals surface area (Å²) in [5.41, 5.74) is 1.53. The Labute approximate surface area is 156 Å². The zero-order valence-corrected chi connectivity index (χ0v) is 15.7. The van der Waals surface area contributed by atoms with Crippen LogP contribution in [0.3, 0.4) is 0 Å². The zero-order chi connectivity index (χ0) is 17.9. The molecule has 2 aromatic rings. The van der Waals surface area contributed by atoms with E-state index >= 15 is 0 Å². The molecule has 1 aliphatic heterocycles. The maximum atomic E-state index is 12.4. The predicted molar refractivity (Wildman–Crippen MR) is 101 cm³/mol. The van der Waals surface area contributed by atoms with Crippen molar-refractivity contribution in [3.8, 4) is 0 Å². The fraction of sp³-hybridized carbons (Fsp3) is 0.235. The Morgan fingerprint density at radius 3 is 2.64 bits per heavy atom. The number of fused-ring (bicyclic) bond motifs is 1. The van der Waals surface area contributed by atoms with Gasteiger partial charge >= 0.3 is 0 Å². The number of carbonyl (C=O) groups is 1. The SMILES string of the molecule is O=C1CCc2cc(S(=O)(=O)NCCSc3ccc(Cl)cc3)ccc2N1. The molecule has 0 saturated heterocycles. The van der Waals surface area contributed by atoms with E-state index in [2.05, 4.69) is 10.0 Å². The first kappa shape index (κ1) is 18.3. The molecular formula is C17H17ClN2O3S2. The molecule has 0 bridgehead atoms. The van der Waals surface area contributed by atoms with Gasteiger partial charge in [-0.15, -0.1) is 11.8 Å². The summed E-state index contributed by atoms with van der Waals surface area (Å²) in [6, 6.07) is 12.2. The third kappa shape index (κ3) is 4.76. The average molecular weight is 397 g/mol. The number of nitrogens with one attached hydrogen (secondary N) is 2. The second-order valence-corrected chi connectivity index (χ2v) is 8.94. The zero-order valence-electron chi connectivity index (χ0n) is 13.3. The Morgan fingerprint density at radius 1 is 1.12 bits per heavy atom. The smallest absolute Gasteiger partial charge is 0.240 e. The fourth-order valence-electron chi connectivity index (χ4n) is 2.49. The van der Waals surface area contributed by atoms with Gasteiger partial charge in [0, 0.05) is 34.3 Å². The molecule has 0 fully saturated rings. The molecule has 0 saturated carbocycles. The van der Waals surface area contributed by atoms with E-state index in [-0.39, 0.29) is 10.8 Å². The molecule has 0 aliphatic carbocycles. The van der Waals surface area contributed by atoms with Gasteiger partial charge in [0.15, 0.2) is 0 Å². The molecule has 1 aliphatic rings. The minimum absolute atomic E-state index is 0.0412. The summed E-state index contributed by atoms with van der Waals surface area (Å²) in [5, 5.41) is 3.42. The average Bonchev–Trinajstić information content (AvgIpc) is 2.59. The Balaban J connectivity index is 1.58. The molecule has 1 amide bonds. The highest BCUT2D eigenvalue weighted by atomic mass is 35.5. The van der Waals surface area contributed by atoms with E-state index in [4.69, 9.17) is 11.6 Å². The first-order chi connectivity index (χ1) is 11.9. The highest BCUT2D eigenvalue weighted by Crippen LogP contribution is 2.25. The molecule has 132 valence electrons. The first-order valence-electron chi connectivity index (χ1n) is 7.75. The molecule has 0 unspecified atom stereocenters. The number of carbonyl (C=O) groups excluding carboxylic acids is 1. The van der Waals surface area contributed by atoms with Gasteiger partial charge in [-0.2, -0.15) is 0 Å². The van der Waals surface area contributed by atoms with E-state index in [0.29, 0.717) is 35.8 Å². The van der Waals surface area contributed by atoms with Crippen LogP contribution in [-0.2, 0) is 21.2 Å². The molecule has 2 N–H and O–H groups in total. The van der Waals surface area contributed by atoms with E-state index in [0.717, 1.165) is 10.5 Å². The lowest BCUT2D eigenvalue weighted by Crippen LogP contribution is -2.26. The highest BCUT2D eigenvalue weighted by molar-refractivity contribution is 7.99. The monoisotopic (exact) mass is 396 g/mol. The number of hydrogen-bond donors (Lipinski definition) is 2. The standard InChI is InChI=1S/C17H17ClN2O3S2/c18-13-2-4-14(5-3-13)24-10-9-19-25(22,23)15-6-7-16-12(11-15)1-8-17(21)20-16/h2-7,11,19H,1,8-10H2,(H,20,21). The first-order valence-corrected chi connectivity index (χ1v) is 10.6. The number of aryl methyl sites for hydroxylation is 1. The Morgan fingerprint density at radius 2 is 1.88 bits per heavy atom. The lowest BCUT2D eigenvalue weighted by molar-refractivity contribution is -0.116. The van der Waals surface area contributed by atoms with Crippen molar-refractivity contribution >= 4 is 45.0 Å². The van der Waals surface area contributed by atoms with E-state index in [1.54, 1.807) is 36.0 Å². The number of sulfonamides is 1. The molecule has 2 aromatic carbocycles. The van der Waals surface area contributed by atoms with Crippen LogP contribution in [0.5, 0.6) is 0 Å². The summed E-state index contributed by atoms with van der Waals surface area (Å²) in [6.45, 7) is 0.323. The van der Waals surface area contributed by atoms with Crippen LogP contribution >= 0.6 is 23.4 Å². The number of anilines is 1. The predicted octanol–water partition coefficient (Wildman–Crippen LogP) is 3.30. The van der Waals surface area contributed by atoms with Crippen molar-refractivity contribution in [1.29, 1.82) is 0 Å². The van der Waals surface area contributed by atoms with Crippen LogP contribution in [0.25, 0.3) is 0 Å². The summed E-state index contributed by atoms with van der Waals surface area (Å²) in [7, 11) is -3.57. The van der Waals surface area contributed by atoms with Crippen LogP contribution in [-0.4, -0.2) is 26.6 Å². The minimum Gasteiger partial charge on any atom is -0.326 e. The number of amides is 1. The van der Waals surface area contributed by atoms with Gasteiger partial charge in [-0.05, 0) is 54.4 Å². The molecule has 0 aromatic heterocycles. The van der Waals surface area contributed by atoms with Crippen molar-refractivity contribution in [1.82, 2.24) is 4.72 Å². The van der Waals surface area contributed by atoms with Gasteiger partial charge in [0.1, 0.15) is 0 Å². The molecule has 8 heteroatoms. The molecule has 0 spiro atoms. The molecule has 3 rings (SSSR count). The molecule has 1 heterocycles. The number of halogens is 1. The number of benzene rings is 2. The fourth-order valence-corrected chi connectivity index (χ4v) is 4.59. The van der Waals surface area contributed by atoms with Crippen molar-refractivity contribution < 1.29 is 13.2 Å². The van der Waals surface area contributed by atoms with Crippen molar-refractivity contribution in [2.75, 3.05) is 17.6 Å². The van der Waals surface area contributed by atoms with Gasteiger partial charge in [-0.25, -0.2) is 13.1 Å². The molecular weight excluding hydrogens is 380 g/mol. The van der Waals surface area contributed by atoms with E-state index in [1.807, 2.05) is 12.1 Å². The van der Waals surface area contributed by atoms with Gasteiger partial charge in [-0.1, -0.05) is 11.6 Å². The van der Waals surface area contributed by atoms with Gasteiger partial charge in [0.05, 0.1) is 4.90 Å². The highest BCUT2D eigenvalue weighted by Gasteiger charge is 2.19. The van der Waals surface area contributed by atoms with Crippen LogP contribution in [0.2, 0.25) is 5.02 Å². The van der Waals surface area contributed by atoms with Crippen molar-refractivity contribution in [2.45, 2.75) is 22.6 Å². The van der Waals surface area contributed by atoms with Gasteiger partial charge in [0.25, 0.3) is 0 Å². The lowest BCUT2D eigenvalue weighted by Gasteiger charge is -2.17. The normalized spacial score (nSPS) is 14.0. The summed E-state index contributed by atoms with van der Waals surface area (Å²) in [4.78, 5) is 12.6. The third-order valence-electron chi connectivity index (χ3n) is 3.76. The van der Waals surface area contributed by atoms with Crippen molar-refractivity contribution in [2.24, 2.45) is 0 Å². The Hall–Kier alpha value is -1.54. The topological polar surface area (TPSA) is 75.3 Å². The second kappa shape index (κ2) is 7.78. The van der Waals surface area contributed by atoms with Crippen LogP contribution < -0.4 is 10.0 Å². The summed E-state index contributed by atoms with van der Waals surface area (Å²) < 4.78 is 27.4. The van der Waals surface area contributed by atoms with Gasteiger partial charge < -0.3 is 5.32 Å². The summed E-state index contributed by atoms with van der Waals surface area (Å²) in [6.07, 6.45) is 0.929. The van der Waals surface area contributed by atoms with Gasteiger partial charge in [0.2, 0.25) is 15.9 Å². The van der Waals surface area contributed by atoms with Crippen molar-refractivity contribution in [3.05, 3.63) is 53.1 Å². The largest absolute Gasteiger partial charge is 0.326 e. The Bertz CT molecular complexity index is 883. The van der Waals surface area contributed by atoms with Gasteiger partial charge in [-0.3, -0.25) is 4.79 Å². The molecule has 5 nitrogen and oxygen atoms in total. The van der Waals surface area contributed by atoms with E-state index < -0.39 is 10.0 Å². The van der Waals surface area contributed by atoms with Crippen molar-refractivity contribution in [3.63, 3.8) is 0 Å². The molecule has 25 heavy (non-hydrogen) atoms. The number of rotatable bonds is 6. The third-order valence-corrected chi connectivity index (χ3v) is 6.48. The quantitative estimate of drug-likeness (QED) is 0.580. The van der Waals surface area contributed by atoms with Crippen LogP contribution in [0.4, 0.5) is 5.69 Å². The minimum atomic E-state index is -3.57. The molecule has 0 radical (unpaired) electrons. The lowest BCUT2D eigenvalue weighted by atomic mass is 10.0. The maximum absolute atomic E-state index is 12.4. The maximum Gasteiger partial charge on any atom is 0.240 e. The second-order valence-electron chi connectivity index (χ2n) is 5.57. The van der Waals surface area contributed by atoms with E-state index in [9.17, 15) is 13.2 Å². The summed E-state index contributed by atoms with van der Waals surface area (Å²) in [5.74, 6) is 0.572. The van der Waals surface area contributed by atoms with E-state index in [1.165, 1.54) is 6.07 Å². The molecule has 0 atom stereocenters. The van der Waals surface area contributed by atoms with Crippen LogP contribution in [0, 0.1) is 0 Å². The van der Waals surface area contributed by atoms with Crippen LogP contribution in [0.15, 0.2) is 52.3 Å². The number of thioether (sulfide) groups is 1. The summed E-state index contributed by atoms with van der Waals surface area (Å²) >= 11 is 7.39. The Kier molecular flexibility index (Phi) is 5.68. The number of hydrogen-bond acceptors (Lipinski definition) is 4.